The van der Waals surface area contributed by atoms with Gasteiger partial charge in [0.25, 0.3) is 5.91 Å². The molecule has 0 saturated carbocycles. The van der Waals surface area contributed by atoms with Crippen molar-refractivity contribution in [3.63, 3.8) is 0 Å². The molecular weight excluding hydrogens is 286 g/mol. The first-order valence-electron chi connectivity index (χ1n) is 8.16. The molecule has 0 unspecified atom stereocenters. The molecule has 1 fully saturated rings. The topological polar surface area (TPSA) is 49.6 Å². The van der Waals surface area contributed by atoms with E-state index in [1.54, 1.807) is 0 Å². The SMILES string of the molecule is CCN1CCN(C(=O)c2cccc(N)c2-c2ccccc2)CC1. The predicted molar refractivity (Wildman–Crippen MR) is 94.3 cm³/mol. The van der Waals surface area contributed by atoms with Crippen LogP contribution in [0.2, 0.25) is 0 Å². The summed E-state index contributed by atoms with van der Waals surface area (Å²) in [5, 5.41) is 0. The highest BCUT2D eigenvalue weighted by atomic mass is 16.2. The lowest BCUT2D eigenvalue weighted by Crippen LogP contribution is -2.48. The van der Waals surface area contributed by atoms with Crippen molar-refractivity contribution < 1.29 is 4.79 Å². The molecule has 0 bridgehead atoms. The van der Waals surface area contributed by atoms with Crippen LogP contribution in [0.25, 0.3) is 11.1 Å². The van der Waals surface area contributed by atoms with Crippen molar-refractivity contribution in [2.75, 3.05) is 38.5 Å². The molecule has 1 amide bonds. The Morgan fingerprint density at radius 2 is 1.70 bits per heavy atom. The fourth-order valence-electron chi connectivity index (χ4n) is 3.11. The standard InChI is InChI=1S/C19H23N3O/c1-2-21-11-13-22(14-12-21)19(23)16-9-6-10-17(20)18(16)15-7-4-3-5-8-15/h3-10H,2,11-14,20H2,1H3. The Kier molecular flexibility index (Phi) is 4.63. The molecule has 1 aliphatic heterocycles. The lowest BCUT2D eigenvalue weighted by molar-refractivity contribution is 0.0644. The van der Waals surface area contributed by atoms with Crippen LogP contribution in [-0.2, 0) is 0 Å². The molecule has 4 heteroatoms. The Labute approximate surface area is 137 Å². The van der Waals surface area contributed by atoms with Gasteiger partial charge in [-0.2, -0.15) is 0 Å². The average molecular weight is 309 g/mol. The molecule has 1 aliphatic rings. The van der Waals surface area contributed by atoms with Gasteiger partial charge in [-0.1, -0.05) is 43.3 Å². The first-order valence-corrected chi connectivity index (χ1v) is 8.16. The fraction of sp³-hybridized carbons (Fsp3) is 0.316. The number of anilines is 1. The number of nitrogens with two attached hydrogens (primary N) is 1. The van der Waals surface area contributed by atoms with Gasteiger partial charge in [-0.15, -0.1) is 0 Å². The van der Waals surface area contributed by atoms with Crippen LogP contribution < -0.4 is 5.73 Å². The van der Waals surface area contributed by atoms with Crippen LogP contribution in [0.15, 0.2) is 48.5 Å². The Bertz CT molecular complexity index is 676. The minimum absolute atomic E-state index is 0.0758. The summed E-state index contributed by atoms with van der Waals surface area (Å²) in [4.78, 5) is 17.3. The minimum atomic E-state index is 0.0758. The van der Waals surface area contributed by atoms with Crippen molar-refractivity contribution in [2.24, 2.45) is 0 Å². The molecule has 0 spiro atoms. The smallest absolute Gasteiger partial charge is 0.254 e. The van der Waals surface area contributed by atoms with Gasteiger partial charge < -0.3 is 15.5 Å². The summed E-state index contributed by atoms with van der Waals surface area (Å²) in [6.07, 6.45) is 0. The maximum absolute atomic E-state index is 13.0. The van der Waals surface area contributed by atoms with Crippen molar-refractivity contribution in [1.82, 2.24) is 9.80 Å². The second kappa shape index (κ2) is 6.84. The number of hydrogen-bond donors (Lipinski definition) is 1. The summed E-state index contributed by atoms with van der Waals surface area (Å²) < 4.78 is 0. The third kappa shape index (κ3) is 3.22. The molecule has 0 atom stereocenters. The van der Waals surface area contributed by atoms with Crippen molar-refractivity contribution in [2.45, 2.75) is 6.92 Å². The Morgan fingerprint density at radius 1 is 1.00 bits per heavy atom. The maximum Gasteiger partial charge on any atom is 0.254 e. The van der Waals surface area contributed by atoms with Gasteiger partial charge in [-0.05, 0) is 24.2 Å². The molecule has 4 nitrogen and oxygen atoms in total. The van der Waals surface area contributed by atoms with E-state index < -0.39 is 0 Å². The van der Waals surface area contributed by atoms with E-state index in [-0.39, 0.29) is 5.91 Å². The number of rotatable bonds is 3. The number of carbonyl (C=O) groups is 1. The second-order valence-electron chi connectivity index (χ2n) is 5.86. The highest BCUT2D eigenvalue weighted by Crippen LogP contribution is 2.30. The van der Waals surface area contributed by atoms with Gasteiger partial charge in [-0.3, -0.25) is 4.79 Å². The zero-order chi connectivity index (χ0) is 16.2. The minimum Gasteiger partial charge on any atom is -0.398 e. The van der Waals surface area contributed by atoms with Gasteiger partial charge in [0, 0.05) is 43.0 Å². The zero-order valence-electron chi connectivity index (χ0n) is 13.5. The molecular formula is C19H23N3O. The second-order valence-corrected chi connectivity index (χ2v) is 5.86. The van der Waals surface area contributed by atoms with Crippen LogP contribution in [0.1, 0.15) is 17.3 Å². The summed E-state index contributed by atoms with van der Waals surface area (Å²) in [5.41, 5.74) is 9.36. The number of likely N-dealkylation sites (N-methyl/N-ethyl adjacent to an activating group) is 1. The van der Waals surface area contributed by atoms with E-state index in [9.17, 15) is 4.79 Å². The van der Waals surface area contributed by atoms with Gasteiger partial charge in [0.2, 0.25) is 0 Å². The maximum atomic E-state index is 13.0. The van der Waals surface area contributed by atoms with Crippen LogP contribution in [0.3, 0.4) is 0 Å². The molecule has 1 heterocycles. The number of carbonyl (C=O) groups excluding carboxylic acids is 1. The Morgan fingerprint density at radius 3 is 2.35 bits per heavy atom. The Balaban J connectivity index is 1.91. The van der Waals surface area contributed by atoms with E-state index in [2.05, 4.69) is 11.8 Å². The van der Waals surface area contributed by atoms with E-state index in [0.29, 0.717) is 11.3 Å². The van der Waals surface area contributed by atoms with Crippen LogP contribution in [0.4, 0.5) is 5.69 Å². The molecule has 2 N–H and O–H groups in total. The highest BCUT2D eigenvalue weighted by Gasteiger charge is 2.24. The third-order valence-corrected chi connectivity index (χ3v) is 4.50. The van der Waals surface area contributed by atoms with Gasteiger partial charge in [0.15, 0.2) is 0 Å². The van der Waals surface area contributed by atoms with E-state index in [4.69, 9.17) is 5.73 Å². The normalized spacial score (nSPS) is 15.6. The average Bonchev–Trinajstić information content (AvgIpc) is 2.61. The number of nitrogens with zero attached hydrogens (tertiary/aromatic N) is 2. The summed E-state index contributed by atoms with van der Waals surface area (Å²) in [7, 11) is 0. The van der Waals surface area contributed by atoms with Crippen LogP contribution in [0, 0.1) is 0 Å². The zero-order valence-corrected chi connectivity index (χ0v) is 13.5. The number of piperazine rings is 1. The first kappa shape index (κ1) is 15.6. The first-order chi connectivity index (χ1) is 11.2. The third-order valence-electron chi connectivity index (χ3n) is 4.50. The van der Waals surface area contributed by atoms with E-state index >= 15 is 0 Å². The number of amides is 1. The molecule has 0 aromatic heterocycles. The molecule has 2 aromatic carbocycles. The molecule has 0 aliphatic carbocycles. The van der Waals surface area contributed by atoms with E-state index in [0.717, 1.165) is 43.9 Å². The number of nitrogen functional groups attached to an aromatic ring is 1. The summed E-state index contributed by atoms with van der Waals surface area (Å²) in [5.74, 6) is 0.0758. The summed E-state index contributed by atoms with van der Waals surface area (Å²) >= 11 is 0. The van der Waals surface area contributed by atoms with Crippen LogP contribution in [0.5, 0.6) is 0 Å². The molecule has 2 aromatic rings. The molecule has 120 valence electrons. The Hall–Kier alpha value is -2.33. The molecule has 23 heavy (non-hydrogen) atoms. The highest BCUT2D eigenvalue weighted by molar-refractivity contribution is 6.03. The molecule has 3 rings (SSSR count). The largest absolute Gasteiger partial charge is 0.398 e. The number of hydrogen-bond acceptors (Lipinski definition) is 3. The van der Waals surface area contributed by atoms with Crippen LogP contribution in [-0.4, -0.2) is 48.4 Å². The van der Waals surface area contributed by atoms with Gasteiger partial charge in [0.1, 0.15) is 0 Å². The van der Waals surface area contributed by atoms with Crippen molar-refractivity contribution in [1.29, 1.82) is 0 Å². The molecule has 1 saturated heterocycles. The van der Waals surface area contributed by atoms with E-state index in [1.807, 2.05) is 53.4 Å². The quantitative estimate of drug-likeness (QED) is 0.887. The van der Waals surface area contributed by atoms with E-state index in [1.165, 1.54) is 0 Å². The van der Waals surface area contributed by atoms with Gasteiger partial charge >= 0.3 is 0 Å². The summed E-state index contributed by atoms with van der Waals surface area (Å²) in [6, 6.07) is 15.5. The lowest BCUT2D eigenvalue weighted by atomic mass is 9.97. The lowest BCUT2D eigenvalue weighted by Gasteiger charge is -2.34. The fourth-order valence-corrected chi connectivity index (χ4v) is 3.11. The van der Waals surface area contributed by atoms with Crippen LogP contribution >= 0.6 is 0 Å². The predicted octanol–water partition coefficient (Wildman–Crippen LogP) is 2.71. The monoisotopic (exact) mass is 309 g/mol. The van der Waals surface area contributed by atoms with Gasteiger partial charge in [-0.25, -0.2) is 0 Å². The molecule has 0 radical (unpaired) electrons. The number of benzene rings is 2. The van der Waals surface area contributed by atoms with Gasteiger partial charge in [0.05, 0.1) is 0 Å². The van der Waals surface area contributed by atoms with Crippen molar-refractivity contribution >= 4 is 11.6 Å². The van der Waals surface area contributed by atoms with Crippen molar-refractivity contribution in [3.05, 3.63) is 54.1 Å². The van der Waals surface area contributed by atoms with Crippen molar-refractivity contribution in [3.8, 4) is 11.1 Å². The summed E-state index contributed by atoms with van der Waals surface area (Å²) in [6.45, 7) is 6.61.